The Bertz CT molecular complexity index is 658. The molecule has 3 nitrogen and oxygen atoms in total. The molecule has 0 fully saturated rings. The Morgan fingerprint density at radius 3 is 2.23 bits per heavy atom. The van der Waals surface area contributed by atoms with Crippen LogP contribution >= 0.6 is 11.6 Å². The van der Waals surface area contributed by atoms with E-state index in [-0.39, 0.29) is 16.1 Å². The monoisotopic (exact) mass is 320 g/mol. The maximum absolute atomic E-state index is 13.6. The molecule has 0 aliphatic heterocycles. The molecule has 0 unspecified atom stereocenters. The molecule has 2 N–H and O–H groups in total. The third-order valence-corrected chi connectivity index (χ3v) is 3.53. The number of hydrogen-bond donors (Lipinski definition) is 2. The summed E-state index contributed by atoms with van der Waals surface area (Å²) in [6.45, 7) is 6.34. The van der Waals surface area contributed by atoms with E-state index in [1.54, 1.807) is 0 Å². The Kier molecular flexibility index (Phi) is 4.71. The predicted molar refractivity (Wildman–Crippen MR) is 89.2 cm³/mol. The summed E-state index contributed by atoms with van der Waals surface area (Å²) in [5, 5.41) is 5.21. The third-order valence-electron chi connectivity index (χ3n) is 3.21. The van der Waals surface area contributed by atoms with Crippen LogP contribution in [-0.4, -0.2) is 6.03 Å². The van der Waals surface area contributed by atoms with Crippen LogP contribution in [0.2, 0.25) is 5.02 Å². The second-order valence-electron chi connectivity index (χ2n) is 6.00. The number of benzene rings is 2. The summed E-state index contributed by atoms with van der Waals surface area (Å²) in [7, 11) is 0. The van der Waals surface area contributed by atoms with Gasteiger partial charge in [0, 0.05) is 5.69 Å². The molecule has 0 heterocycles. The lowest BCUT2D eigenvalue weighted by Gasteiger charge is -2.19. The van der Waals surface area contributed by atoms with Crippen LogP contribution in [0.3, 0.4) is 0 Å². The van der Waals surface area contributed by atoms with Crippen molar-refractivity contribution in [3.8, 4) is 0 Å². The summed E-state index contributed by atoms with van der Waals surface area (Å²) in [5.41, 5.74) is 1.79. The van der Waals surface area contributed by atoms with Gasteiger partial charge < -0.3 is 10.6 Å². The van der Waals surface area contributed by atoms with Gasteiger partial charge in [0.2, 0.25) is 0 Å². The molecule has 0 saturated heterocycles. The number of nitrogens with one attached hydrogen (secondary N) is 2. The molecule has 2 aromatic carbocycles. The van der Waals surface area contributed by atoms with E-state index in [9.17, 15) is 9.18 Å². The smallest absolute Gasteiger partial charge is 0.308 e. The van der Waals surface area contributed by atoms with E-state index >= 15 is 0 Å². The minimum Gasteiger partial charge on any atom is -0.308 e. The van der Waals surface area contributed by atoms with E-state index in [1.807, 2.05) is 24.3 Å². The second-order valence-corrected chi connectivity index (χ2v) is 6.41. The summed E-state index contributed by atoms with van der Waals surface area (Å²) in [4.78, 5) is 11.9. The number of rotatable bonds is 2. The molecular weight excluding hydrogens is 303 g/mol. The Balaban J connectivity index is 2.06. The van der Waals surface area contributed by atoms with Crippen molar-refractivity contribution >= 4 is 29.0 Å². The topological polar surface area (TPSA) is 41.1 Å². The summed E-state index contributed by atoms with van der Waals surface area (Å²) in [6, 6.07) is 11.2. The van der Waals surface area contributed by atoms with Crippen molar-refractivity contribution in [1.82, 2.24) is 0 Å². The first kappa shape index (κ1) is 16.3. The van der Waals surface area contributed by atoms with Gasteiger partial charge in [-0.3, -0.25) is 0 Å². The number of carbonyl (C=O) groups is 1. The number of halogens is 2. The fraction of sp³-hybridized carbons (Fsp3) is 0.235. The summed E-state index contributed by atoms with van der Waals surface area (Å²) in [6.07, 6.45) is 0. The molecule has 0 aliphatic rings. The molecule has 5 heteroatoms. The van der Waals surface area contributed by atoms with E-state index < -0.39 is 11.8 Å². The van der Waals surface area contributed by atoms with Crippen molar-refractivity contribution in [2.24, 2.45) is 0 Å². The maximum Gasteiger partial charge on any atom is 0.323 e. The van der Waals surface area contributed by atoms with E-state index in [2.05, 4.69) is 31.4 Å². The quantitative estimate of drug-likeness (QED) is 0.762. The molecule has 2 aromatic rings. The Hall–Kier alpha value is -2.07. The number of amides is 2. The van der Waals surface area contributed by atoms with Crippen LogP contribution in [0.4, 0.5) is 20.6 Å². The standard InChI is InChI=1S/C17H18ClFN2O/c1-17(2,3)11-7-9-12(10-8-11)20-16(22)21-15-13(18)5-4-6-14(15)19/h4-10H,1-3H3,(H2,20,21,22). The molecule has 0 saturated carbocycles. The number of para-hydroxylation sites is 1. The lowest BCUT2D eigenvalue weighted by molar-refractivity contribution is 0.262. The van der Waals surface area contributed by atoms with Gasteiger partial charge in [-0.25, -0.2) is 9.18 Å². The molecule has 2 rings (SSSR count). The highest BCUT2D eigenvalue weighted by Gasteiger charge is 2.14. The van der Waals surface area contributed by atoms with Gasteiger partial charge in [0.1, 0.15) is 5.82 Å². The highest BCUT2D eigenvalue weighted by atomic mass is 35.5. The van der Waals surface area contributed by atoms with Crippen molar-refractivity contribution < 1.29 is 9.18 Å². The molecule has 2 amide bonds. The largest absolute Gasteiger partial charge is 0.323 e. The van der Waals surface area contributed by atoms with Crippen LogP contribution in [0, 0.1) is 5.82 Å². The predicted octanol–water partition coefficient (Wildman–Crippen LogP) is 5.42. The minimum absolute atomic E-state index is 0.0343. The van der Waals surface area contributed by atoms with Crippen LogP contribution in [0.1, 0.15) is 26.3 Å². The molecule has 0 spiro atoms. The van der Waals surface area contributed by atoms with Crippen LogP contribution in [0.25, 0.3) is 0 Å². The minimum atomic E-state index is -0.578. The van der Waals surface area contributed by atoms with Gasteiger partial charge in [0.05, 0.1) is 10.7 Å². The Morgan fingerprint density at radius 1 is 1.05 bits per heavy atom. The summed E-state index contributed by atoms with van der Waals surface area (Å²) >= 11 is 5.87. The molecule has 0 aromatic heterocycles. The van der Waals surface area contributed by atoms with Crippen molar-refractivity contribution in [2.45, 2.75) is 26.2 Å². The molecule has 0 radical (unpaired) electrons. The van der Waals surface area contributed by atoms with Gasteiger partial charge >= 0.3 is 6.03 Å². The number of anilines is 2. The molecule has 116 valence electrons. The van der Waals surface area contributed by atoms with Crippen LogP contribution in [-0.2, 0) is 5.41 Å². The maximum atomic E-state index is 13.6. The zero-order valence-electron chi connectivity index (χ0n) is 12.7. The zero-order valence-corrected chi connectivity index (χ0v) is 13.5. The number of carbonyl (C=O) groups excluding carboxylic acids is 1. The van der Waals surface area contributed by atoms with Gasteiger partial charge in [0.25, 0.3) is 0 Å². The number of urea groups is 1. The lowest BCUT2D eigenvalue weighted by atomic mass is 9.87. The van der Waals surface area contributed by atoms with Gasteiger partial charge in [0.15, 0.2) is 0 Å². The lowest BCUT2D eigenvalue weighted by Crippen LogP contribution is -2.20. The van der Waals surface area contributed by atoms with Crippen molar-refractivity contribution in [2.75, 3.05) is 10.6 Å². The van der Waals surface area contributed by atoms with Gasteiger partial charge in [-0.1, -0.05) is 50.6 Å². The second kappa shape index (κ2) is 6.36. The third kappa shape index (κ3) is 3.98. The van der Waals surface area contributed by atoms with Crippen molar-refractivity contribution in [1.29, 1.82) is 0 Å². The Labute approximate surface area is 134 Å². The summed E-state index contributed by atoms with van der Waals surface area (Å²) in [5.74, 6) is -0.578. The molecule has 22 heavy (non-hydrogen) atoms. The fourth-order valence-corrected chi connectivity index (χ4v) is 2.16. The highest BCUT2D eigenvalue weighted by molar-refractivity contribution is 6.33. The highest BCUT2D eigenvalue weighted by Crippen LogP contribution is 2.25. The van der Waals surface area contributed by atoms with Crippen LogP contribution in [0.15, 0.2) is 42.5 Å². The van der Waals surface area contributed by atoms with Gasteiger partial charge in [-0.05, 0) is 35.2 Å². The van der Waals surface area contributed by atoms with Gasteiger partial charge in [-0.15, -0.1) is 0 Å². The first-order valence-corrected chi connectivity index (χ1v) is 7.28. The van der Waals surface area contributed by atoms with Crippen LogP contribution in [0.5, 0.6) is 0 Å². The normalized spacial score (nSPS) is 11.1. The first-order chi connectivity index (χ1) is 10.3. The van der Waals surface area contributed by atoms with E-state index in [0.717, 1.165) is 5.56 Å². The van der Waals surface area contributed by atoms with Gasteiger partial charge in [-0.2, -0.15) is 0 Å². The van der Waals surface area contributed by atoms with E-state index in [4.69, 9.17) is 11.6 Å². The van der Waals surface area contributed by atoms with E-state index in [1.165, 1.54) is 18.2 Å². The van der Waals surface area contributed by atoms with Crippen molar-refractivity contribution in [3.63, 3.8) is 0 Å². The zero-order chi connectivity index (χ0) is 16.3. The first-order valence-electron chi connectivity index (χ1n) is 6.90. The molecular formula is C17H18ClFN2O. The van der Waals surface area contributed by atoms with Crippen LogP contribution < -0.4 is 10.6 Å². The Morgan fingerprint density at radius 2 is 1.68 bits per heavy atom. The average Bonchev–Trinajstić information content (AvgIpc) is 2.43. The average molecular weight is 321 g/mol. The molecule has 0 atom stereocenters. The van der Waals surface area contributed by atoms with E-state index in [0.29, 0.717) is 5.69 Å². The summed E-state index contributed by atoms with van der Waals surface area (Å²) < 4.78 is 13.6. The molecule has 0 aliphatic carbocycles. The number of hydrogen-bond acceptors (Lipinski definition) is 1. The molecule has 0 bridgehead atoms. The fourth-order valence-electron chi connectivity index (χ4n) is 1.95. The van der Waals surface area contributed by atoms with Crippen molar-refractivity contribution in [3.05, 3.63) is 58.9 Å². The SMILES string of the molecule is CC(C)(C)c1ccc(NC(=O)Nc2c(F)cccc2Cl)cc1.